The van der Waals surface area contributed by atoms with E-state index in [4.69, 9.17) is 14.2 Å². The zero-order valence-electron chi connectivity index (χ0n) is 22.5. The van der Waals surface area contributed by atoms with Gasteiger partial charge < -0.3 is 24.2 Å². The maximum atomic E-state index is 13.7. The predicted octanol–water partition coefficient (Wildman–Crippen LogP) is 2.17. The van der Waals surface area contributed by atoms with Crippen molar-refractivity contribution >= 4 is 23.5 Å². The fraction of sp³-hybridized carbons (Fsp3) is 0.444. The van der Waals surface area contributed by atoms with Crippen LogP contribution >= 0.6 is 0 Å². The Morgan fingerprint density at radius 2 is 1.80 bits per heavy atom. The Labute approximate surface area is 231 Å². The molecule has 40 heavy (non-hydrogen) atoms. The first-order valence-electron chi connectivity index (χ1n) is 12.7. The Balaban J connectivity index is 1.77. The first-order valence-corrected chi connectivity index (χ1v) is 12.7. The van der Waals surface area contributed by atoms with E-state index < -0.39 is 41.1 Å². The van der Waals surface area contributed by atoms with E-state index in [-0.39, 0.29) is 32.5 Å². The van der Waals surface area contributed by atoms with Gasteiger partial charge in [-0.3, -0.25) is 19.8 Å². The van der Waals surface area contributed by atoms with Crippen molar-refractivity contribution in [3.63, 3.8) is 0 Å². The molecule has 2 aromatic carbocycles. The van der Waals surface area contributed by atoms with Crippen molar-refractivity contribution in [2.24, 2.45) is 0 Å². The second kappa shape index (κ2) is 14.1. The van der Waals surface area contributed by atoms with E-state index in [1.54, 1.807) is 19.1 Å². The summed E-state index contributed by atoms with van der Waals surface area (Å²) in [6.07, 6.45) is 0.980. The van der Waals surface area contributed by atoms with Crippen molar-refractivity contribution in [2.75, 3.05) is 32.3 Å². The van der Waals surface area contributed by atoms with Gasteiger partial charge >= 0.3 is 11.9 Å². The Kier molecular flexibility index (Phi) is 10.6. The van der Waals surface area contributed by atoms with Gasteiger partial charge in [-0.25, -0.2) is 4.79 Å². The number of nitrogens with one attached hydrogen (secondary N) is 1. The lowest BCUT2D eigenvalue weighted by Crippen LogP contribution is -2.54. The van der Waals surface area contributed by atoms with Gasteiger partial charge in [0, 0.05) is 18.9 Å². The number of carbonyl (C=O) groups is 3. The third-order valence-corrected chi connectivity index (χ3v) is 6.49. The van der Waals surface area contributed by atoms with Crippen LogP contribution in [0.1, 0.15) is 30.9 Å². The summed E-state index contributed by atoms with van der Waals surface area (Å²) in [6.45, 7) is 1.21. The van der Waals surface area contributed by atoms with Crippen molar-refractivity contribution in [1.29, 1.82) is 0 Å². The normalized spacial score (nSPS) is 15.5. The summed E-state index contributed by atoms with van der Waals surface area (Å²) in [6, 6.07) is 9.62. The number of aryl methyl sites for hydroxylation is 1. The molecule has 1 aliphatic rings. The number of amides is 1. The van der Waals surface area contributed by atoms with Gasteiger partial charge in [0.25, 0.3) is 5.09 Å². The number of anilines is 1. The number of rotatable bonds is 15. The molecule has 3 atom stereocenters. The average molecular weight is 560 g/mol. The third kappa shape index (κ3) is 7.59. The lowest BCUT2D eigenvalue weighted by atomic mass is 10.0. The van der Waals surface area contributed by atoms with Crippen LogP contribution in [0, 0.1) is 10.1 Å². The van der Waals surface area contributed by atoms with E-state index >= 15 is 0 Å². The molecule has 1 amide bonds. The van der Waals surface area contributed by atoms with E-state index in [0.717, 1.165) is 5.56 Å². The quantitative estimate of drug-likeness (QED) is 0.142. The summed E-state index contributed by atoms with van der Waals surface area (Å²) >= 11 is 0. The number of nitrogens with zero attached hydrogens (tertiary/aromatic N) is 2. The van der Waals surface area contributed by atoms with E-state index in [9.17, 15) is 29.6 Å². The summed E-state index contributed by atoms with van der Waals surface area (Å²) in [5, 5.41) is 22.3. The Morgan fingerprint density at radius 1 is 1.12 bits per heavy atom. The largest absolute Gasteiger partial charge is 0.493 e. The van der Waals surface area contributed by atoms with Crippen molar-refractivity contribution in [3.8, 4) is 11.5 Å². The van der Waals surface area contributed by atoms with E-state index in [1.165, 1.54) is 19.1 Å². The van der Waals surface area contributed by atoms with Crippen LogP contribution in [0.4, 0.5) is 5.69 Å². The number of carboxylic acids is 1. The molecule has 1 aliphatic heterocycles. The highest BCUT2D eigenvalue weighted by atomic mass is 16.9. The van der Waals surface area contributed by atoms with Crippen LogP contribution in [-0.4, -0.2) is 73.6 Å². The smallest absolute Gasteiger partial charge is 0.327 e. The SMILES string of the molecule is COc1cc2c(cc1OC)N(C(=O)C(C)NC(CCc1ccccc1)C(=O)OCCCO[N+](=O)[O-])C(C(=O)O)C2. The number of hydrogen-bond donors (Lipinski definition) is 2. The number of methoxy groups -OCH3 is 2. The Hall–Kier alpha value is -4.39. The number of aliphatic carboxylic acids is 1. The molecule has 2 N–H and O–H groups in total. The topological polar surface area (TPSA) is 167 Å². The number of hydrogen-bond acceptors (Lipinski definition) is 10. The minimum absolute atomic E-state index is 0.0785. The molecule has 0 aromatic heterocycles. The lowest BCUT2D eigenvalue weighted by Gasteiger charge is -2.28. The number of fused-ring (bicyclic) bond motifs is 1. The molecule has 3 unspecified atom stereocenters. The molecule has 0 fully saturated rings. The summed E-state index contributed by atoms with van der Waals surface area (Å²) in [5.41, 5.74) is 1.97. The summed E-state index contributed by atoms with van der Waals surface area (Å²) < 4.78 is 16.0. The van der Waals surface area contributed by atoms with Crippen molar-refractivity contribution in [1.82, 2.24) is 5.32 Å². The molecule has 1 heterocycles. The number of ether oxygens (including phenoxy) is 3. The Bertz CT molecular complexity index is 1210. The van der Waals surface area contributed by atoms with Gasteiger partial charge in [0.15, 0.2) is 11.5 Å². The zero-order chi connectivity index (χ0) is 29.2. The molecule has 0 bridgehead atoms. The van der Waals surface area contributed by atoms with E-state index in [1.807, 2.05) is 30.3 Å². The van der Waals surface area contributed by atoms with Crippen LogP contribution in [0.15, 0.2) is 42.5 Å². The highest BCUT2D eigenvalue weighted by molar-refractivity contribution is 6.04. The summed E-state index contributed by atoms with van der Waals surface area (Å²) in [7, 11) is 2.91. The Morgan fingerprint density at radius 3 is 2.42 bits per heavy atom. The van der Waals surface area contributed by atoms with Crippen LogP contribution in [0.3, 0.4) is 0 Å². The predicted molar refractivity (Wildman–Crippen MR) is 142 cm³/mol. The molecule has 2 aromatic rings. The van der Waals surface area contributed by atoms with Gasteiger partial charge in [-0.05, 0) is 37.0 Å². The maximum Gasteiger partial charge on any atom is 0.327 e. The molecular formula is C27H33N3O10. The minimum Gasteiger partial charge on any atom is -0.493 e. The minimum atomic E-state index is -1.17. The molecule has 0 aliphatic carbocycles. The van der Waals surface area contributed by atoms with Gasteiger partial charge in [0.2, 0.25) is 5.91 Å². The van der Waals surface area contributed by atoms with E-state index in [2.05, 4.69) is 10.2 Å². The number of carbonyl (C=O) groups excluding carboxylic acids is 2. The molecular weight excluding hydrogens is 526 g/mol. The summed E-state index contributed by atoms with van der Waals surface area (Å²) in [5.74, 6) is -1.60. The highest BCUT2D eigenvalue weighted by Gasteiger charge is 2.41. The molecule has 3 rings (SSSR count). The third-order valence-electron chi connectivity index (χ3n) is 6.49. The number of benzene rings is 2. The second-order valence-electron chi connectivity index (χ2n) is 9.15. The molecule has 216 valence electrons. The standard InChI is InChI=1S/C27H33N3O10/c1-17(25(31)29-21-16-24(38-3)23(37-2)15-19(21)14-22(29)26(32)33)28-20(11-10-18-8-5-4-6-9-18)27(34)39-12-7-13-40-30(35)36/h4-6,8-9,15-17,20,22,28H,7,10-14H2,1-3H3,(H,32,33). The van der Waals surface area contributed by atoms with Gasteiger partial charge in [-0.2, -0.15) is 0 Å². The second-order valence-corrected chi connectivity index (χ2v) is 9.15. The lowest BCUT2D eigenvalue weighted by molar-refractivity contribution is -0.757. The highest BCUT2D eigenvalue weighted by Crippen LogP contribution is 2.41. The number of carboxylic acid groups (broad SMARTS) is 1. The first-order chi connectivity index (χ1) is 19.2. The molecule has 13 nitrogen and oxygen atoms in total. The fourth-order valence-corrected chi connectivity index (χ4v) is 4.51. The maximum absolute atomic E-state index is 13.7. The average Bonchev–Trinajstić information content (AvgIpc) is 3.32. The van der Waals surface area contributed by atoms with Crippen LogP contribution < -0.4 is 19.7 Å². The van der Waals surface area contributed by atoms with Crippen molar-refractivity contribution in [3.05, 3.63) is 63.7 Å². The molecule has 0 saturated carbocycles. The number of esters is 1. The van der Waals surface area contributed by atoms with Crippen molar-refractivity contribution in [2.45, 2.75) is 50.7 Å². The van der Waals surface area contributed by atoms with Gasteiger partial charge in [0.1, 0.15) is 12.1 Å². The molecule has 13 heteroatoms. The zero-order valence-corrected chi connectivity index (χ0v) is 22.5. The van der Waals surface area contributed by atoms with Crippen molar-refractivity contribution < 1.29 is 43.6 Å². The van der Waals surface area contributed by atoms with Gasteiger partial charge in [0.05, 0.1) is 39.2 Å². The molecule has 0 spiro atoms. The van der Waals surface area contributed by atoms with Crippen LogP contribution in [0.2, 0.25) is 0 Å². The van der Waals surface area contributed by atoms with Crippen LogP contribution in [-0.2, 0) is 36.8 Å². The molecule has 0 radical (unpaired) electrons. The fourth-order valence-electron chi connectivity index (χ4n) is 4.51. The first kappa shape index (κ1) is 30.2. The van der Waals surface area contributed by atoms with E-state index in [0.29, 0.717) is 29.2 Å². The van der Waals surface area contributed by atoms with Gasteiger partial charge in [-0.1, -0.05) is 30.3 Å². The van der Waals surface area contributed by atoms with Crippen LogP contribution in [0.5, 0.6) is 11.5 Å². The van der Waals surface area contributed by atoms with Crippen LogP contribution in [0.25, 0.3) is 0 Å². The summed E-state index contributed by atoms with van der Waals surface area (Å²) in [4.78, 5) is 54.5. The van der Waals surface area contributed by atoms with Gasteiger partial charge in [-0.15, -0.1) is 10.1 Å². The molecule has 0 saturated heterocycles. The monoisotopic (exact) mass is 559 g/mol.